The van der Waals surface area contributed by atoms with Crippen molar-refractivity contribution in [3.63, 3.8) is 0 Å². The van der Waals surface area contributed by atoms with Crippen LogP contribution in [0.4, 0.5) is 0 Å². The fourth-order valence-electron chi connectivity index (χ4n) is 3.79. The number of aromatic hydroxyl groups is 2. The van der Waals surface area contributed by atoms with Crippen LogP contribution in [0, 0.1) is 0 Å². The minimum atomic E-state index is 0.213. The van der Waals surface area contributed by atoms with E-state index in [1.165, 1.54) is 18.4 Å². The molecule has 3 nitrogen and oxygen atoms in total. The molecule has 0 fully saturated rings. The van der Waals surface area contributed by atoms with Crippen LogP contribution in [-0.2, 0) is 12.8 Å². The number of aryl methyl sites for hydroxylation is 1. The summed E-state index contributed by atoms with van der Waals surface area (Å²) in [4.78, 5) is 2.42. The molecular formula is C24H31NO2. The van der Waals surface area contributed by atoms with E-state index in [9.17, 15) is 10.2 Å². The average Bonchev–Trinajstić information content (AvgIpc) is 2.68. The van der Waals surface area contributed by atoms with Gasteiger partial charge >= 0.3 is 0 Å². The zero-order valence-electron chi connectivity index (χ0n) is 16.3. The summed E-state index contributed by atoms with van der Waals surface area (Å²) in [5.41, 5.74) is 4.06. The molecule has 0 spiro atoms. The van der Waals surface area contributed by atoms with Crippen LogP contribution in [0.25, 0.3) is 5.57 Å². The highest BCUT2D eigenvalue weighted by Gasteiger charge is 2.19. The minimum Gasteiger partial charge on any atom is -0.507 e. The molecule has 0 radical (unpaired) electrons. The lowest BCUT2D eigenvalue weighted by Gasteiger charge is -2.27. The van der Waals surface area contributed by atoms with Crippen molar-refractivity contribution in [2.45, 2.75) is 45.4 Å². The van der Waals surface area contributed by atoms with Crippen LogP contribution in [0.1, 0.15) is 49.3 Å². The predicted octanol–water partition coefficient (Wildman–Crippen LogP) is 5.16. The summed E-state index contributed by atoms with van der Waals surface area (Å²) in [6.45, 7) is 5.02. The summed E-state index contributed by atoms with van der Waals surface area (Å²) in [5.74, 6) is 0.427. The Balaban J connectivity index is 1.61. The lowest BCUT2D eigenvalue weighted by Crippen LogP contribution is -2.30. The zero-order chi connectivity index (χ0) is 19.1. The number of phenols is 2. The Bertz CT molecular complexity index is 744. The normalized spacial score (nSPS) is 14.9. The molecule has 0 amide bonds. The third kappa shape index (κ3) is 5.36. The maximum absolute atomic E-state index is 10.5. The van der Waals surface area contributed by atoms with Crippen LogP contribution in [0.3, 0.4) is 0 Å². The molecular weight excluding hydrogens is 334 g/mol. The van der Waals surface area contributed by atoms with Crippen molar-refractivity contribution in [2.75, 3.05) is 19.6 Å². The number of rotatable bonds is 8. The predicted molar refractivity (Wildman–Crippen MR) is 112 cm³/mol. The first-order valence-corrected chi connectivity index (χ1v) is 10.2. The molecule has 1 aliphatic heterocycles. The van der Waals surface area contributed by atoms with E-state index in [-0.39, 0.29) is 11.5 Å². The third-order valence-corrected chi connectivity index (χ3v) is 5.40. The summed E-state index contributed by atoms with van der Waals surface area (Å²) in [7, 11) is 0. The van der Waals surface area contributed by atoms with Gasteiger partial charge in [-0.1, -0.05) is 56.2 Å². The van der Waals surface area contributed by atoms with E-state index in [2.05, 4.69) is 42.2 Å². The van der Waals surface area contributed by atoms with E-state index in [0.29, 0.717) is 5.56 Å². The molecule has 2 aromatic rings. The SMILES string of the molecule is CCCCCc1cc(O)c(C2=CCN(CCc3ccccc3)CC2)c(O)c1. The van der Waals surface area contributed by atoms with E-state index in [1.807, 2.05) is 18.2 Å². The van der Waals surface area contributed by atoms with E-state index in [4.69, 9.17) is 0 Å². The molecule has 0 bridgehead atoms. The fourth-order valence-corrected chi connectivity index (χ4v) is 3.79. The van der Waals surface area contributed by atoms with Gasteiger partial charge in [0.2, 0.25) is 0 Å². The number of benzene rings is 2. The largest absolute Gasteiger partial charge is 0.507 e. The molecule has 0 saturated heterocycles. The van der Waals surface area contributed by atoms with Gasteiger partial charge in [0.1, 0.15) is 11.5 Å². The van der Waals surface area contributed by atoms with Crippen molar-refractivity contribution in [3.8, 4) is 11.5 Å². The van der Waals surface area contributed by atoms with Gasteiger partial charge in [-0.25, -0.2) is 0 Å². The quantitative estimate of drug-likeness (QED) is 0.635. The molecule has 0 aliphatic carbocycles. The van der Waals surface area contributed by atoms with Crippen molar-refractivity contribution in [3.05, 3.63) is 65.2 Å². The number of unbranched alkanes of at least 4 members (excludes halogenated alkanes) is 2. The van der Waals surface area contributed by atoms with Gasteiger partial charge in [0.15, 0.2) is 0 Å². The lowest BCUT2D eigenvalue weighted by molar-refractivity contribution is 0.305. The van der Waals surface area contributed by atoms with Gasteiger partial charge < -0.3 is 10.2 Å². The van der Waals surface area contributed by atoms with Gasteiger partial charge in [-0.2, -0.15) is 0 Å². The van der Waals surface area contributed by atoms with Crippen molar-refractivity contribution in [1.82, 2.24) is 4.90 Å². The Hall–Kier alpha value is -2.26. The first kappa shape index (κ1) is 19.5. The lowest BCUT2D eigenvalue weighted by atomic mass is 9.95. The van der Waals surface area contributed by atoms with Crippen molar-refractivity contribution in [2.24, 2.45) is 0 Å². The first-order valence-electron chi connectivity index (χ1n) is 10.2. The van der Waals surface area contributed by atoms with Gasteiger partial charge in [-0.3, -0.25) is 4.90 Å². The maximum Gasteiger partial charge on any atom is 0.127 e. The number of hydrogen-bond acceptors (Lipinski definition) is 3. The smallest absolute Gasteiger partial charge is 0.127 e. The number of hydrogen-bond donors (Lipinski definition) is 2. The molecule has 3 heteroatoms. The minimum absolute atomic E-state index is 0.213. The second kappa shape index (κ2) is 9.61. The molecule has 3 rings (SSSR count). The highest BCUT2D eigenvalue weighted by molar-refractivity contribution is 5.76. The molecule has 27 heavy (non-hydrogen) atoms. The summed E-state index contributed by atoms with van der Waals surface area (Å²) < 4.78 is 0. The van der Waals surface area contributed by atoms with Gasteiger partial charge in [-0.05, 0) is 54.5 Å². The van der Waals surface area contributed by atoms with E-state index >= 15 is 0 Å². The molecule has 1 aliphatic rings. The van der Waals surface area contributed by atoms with Crippen molar-refractivity contribution in [1.29, 1.82) is 0 Å². The average molecular weight is 366 g/mol. The fraction of sp³-hybridized carbons (Fsp3) is 0.417. The van der Waals surface area contributed by atoms with Crippen LogP contribution in [0.5, 0.6) is 11.5 Å². The highest BCUT2D eigenvalue weighted by Crippen LogP contribution is 2.38. The standard InChI is InChI=1S/C24H31NO2/c1-2-3-5-10-20-17-22(26)24(23(27)18-20)21-12-15-25(16-13-21)14-11-19-8-6-4-7-9-19/h4,6-9,12,17-18,26-27H,2-3,5,10-11,13-16H2,1H3. The molecule has 0 aromatic heterocycles. The summed E-state index contributed by atoms with van der Waals surface area (Å²) in [5, 5.41) is 21.0. The molecule has 1 heterocycles. The highest BCUT2D eigenvalue weighted by atomic mass is 16.3. The zero-order valence-corrected chi connectivity index (χ0v) is 16.3. The van der Waals surface area contributed by atoms with Gasteiger partial charge in [0.05, 0.1) is 5.56 Å². The van der Waals surface area contributed by atoms with E-state index in [0.717, 1.165) is 56.5 Å². The Labute approximate surface area is 163 Å². The van der Waals surface area contributed by atoms with Crippen LogP contribution in [-0.4, -0.2) is 34.7 Å². The van der Waals surface area contributed by atoms with Crippen LogP contribution < -0.4 is 0 Å². The van der Waals surface area contributed by atoms with E-state index in [1.54, 1.807) is 0 Å². The Morgan fingerprint density at radius 1 is 0.926 bits per heavy atom. The maximum atomic E-state index is 10.5. The monoisotopic (exact) mass is 365 g/mol. The Kier molecular flexibility index (Phi) is 6.94. The molecule has 0 saturated carbocycles. The van der Waals surface area contributed by atoms with Crippen molar-refractivity contribution < 1.29 is 10.2 Å². The summed E-state index contributed by atoms with van der Waals surface area (Å²) in [6.07, 6.45) is 8.39. The second-order valence-corrected chi connectivity index (χ2v) is 7.48. The van der Waals surface area contributed by atoms with Gasteiger partial charge in [-0.15, -0.1) is 0 Å². The summed E-state index contributed by atoms with van der Waals surface area (Å²) >= 11 is 0. The Morgan fingerprint density at radius 3 is 2.30 bits per heavy atom. The molecule has 2 N–H and O–H groups in total. The molecule has 2 aromatic carbocycles. The van der Waals surface area contributed by atoms with Crippen LogP contribution >= 0.6 is 0 Å². The van der Waals surface area contributed by atoms with Crippen LogP contribution in [0.15, 0.2) is 48.5 Å². The first-order chi connectivity index (χ1) is 13.2. The molecule has 0 atom stereocenters. The third-order valence-electron chi connectivity index (χ3n) is 5.40. The van der Waals surface area contributed by atoms with Gasteiger partial charge in [0.25, 0.3) is 0 Å². The molecule has 144 valence electrons. The van der Waals surface area contributed by atoms with Gasteiger partial charge in [0, 0.05) is 19.6 Å². The Morgan fingerprint density at radius 2 is 1.67 bits per heavy atom. The van der Waals surface area contributed by atoms with E-state index < -0.39 is 0 Å². The number of phenolic OH excluding ortho intramolecular Hbond substituents is 2. The second-order valence-electron chi connectivity index (χ2n) is 7.48. The number of nitrogens with zero attached hydrogens (tertiary/aromatic N) is 1. The van der Waals surface area contributed by atoms with Crippen LogP contribution in [0.2, 0.25) is 0 Å². The van der Waals surface area contributed by atoms with Crippen molar-refractivity contribution >= 4 is 5.57 Å². The topological polar surface area (TPSA) is 43.7 Å². The summed E-state index contributed by atoms with van der Waals surface area (Å²) in [6, 6.07) is 14.2. The molecule has 0 unspecified atom stereocenters.